The molecule has 1 unspecified atom stereocenters. The molecule has 2 atom stereocenters. The van der Waals surface area contributed by atoms with Crippen LogP contribution in [0, 0.1) is 11.3 Å². The summed E-state index contributed by atoms with van der Waals surface area (Å²) >= 11 is 0. The minimum absolute atomic E-state index is 0. The second-order valence-corrected chi connectivity index (χ2v) is 7.94. The summed E-state index contributed by atoms with van der Waals surface area (Å²) < 4.78 is 70.2. The third-order valence-corrected chi connectivity index (χ3v) is 6.14. The smallest absolute Gasteiger partial charge is 0.716 e. The van der Waals surface area contributed by atoms with Gasteiger partial charge in [0, 0.05) is 2.74 Å². The van der Waals surface area contributed by atoms with Gasteiger partial charge >= 0.3 is 29.6 Å². The van der Waals surface area contributed by atoms with Gasteiger partial charge in [0.1, 0.15) is 5.75 Å². The van der Waals surface area contributed by atoms with E-state index < -0.39 is 22.5 Å². The van der Waals surface area contributed by atoms with Crippen LogP contribution in [0.2, 0.25) is 0 Å². The van der Waals surface area contributed by atoms with Crippen molar-refractivity contribution in [1.29, 1.82) is 0 Å². The first-order valence-electron chi connectivity index (χ1n) is 10.1. The molecule has 4 nitrogen and oxygen atoms in total. The topological polar surface area (TPSA) is 66.4 Å². The molecule has 0 amide bonds. The van der Waals surface area contributed by atoms with Crippen molar-refractivity contribution in [3.8, 4) is 5.75 Å². The van der Waals surface area contributed by atoms with Crippen LogP contribution in [0.4, 0.5) is 0 Å². The maximum atomic E-state index is 11.0. The van der Waals surface area contributed by atoms with Crippen LogP contribution in [0.25, 0.3) is 5.57 Å². The van der Waals surface area contributed by atoms with Gasteiger partial charge < -0.3 is 8.74 Å². The van der Waals surface area contributed by atoms with E-state index in [0.29, 0.717) is 36.8 Å². The molecule has 0 spiro atoms. The number of hydrogen-bond acceptors (Lipinski definition) is 4. The van der Waals surface area contributed by atoms with Crippen LogP contribution in [0.5, 0.6) is 5.75 Å². The zero-order chi connectivity index (χ0) is 20.6. The van der Waals surface area contributed by atoms with Crippen molar-refractivity contribution in [3.05, 3.63) is 47.0 Å². The van der Waals surface area contributed by atoms with E-state index in [1.165, 1.54) is 6.07 Å². The molecular weight excluding hydrogens is 347 g/mol. The Morgan fingerprint density at radius 2 is 2.20 bits per heavy atom. The van der Waals surface area contributed by atoms with Gasteiger partial charge in [0.05, 0.1) is 2.74 Å². The molecule has 128 valence electrons. The van der Waals surface area contributed by atoms with Gasteiger partial charge in [-0.05, 0) is 78.6 Å². The van der Waals surface area contributed by atoms with Crippen molar-refractivity contribution >= 4 is 16.0 Å². The molecule has 0 heterocycles. The summed E-state index contributed by atoms with van der Waals surface area (Å²) in [6.07, 6.45) is 1.49. The molecule has 0 bridgehead atoms. The Balaban J connectivity index is 0.00000240. The summed E-state index contributed by atoms with van der Waals surface area (Å²) in [5.41, 5.74) is 3.84. The first-order valence-corrected chi connectivity index (χ1v) is 9.39. The average molecular weight is 372 g/mol. The third kappa shape index (κ3) is 3.26. The Kier molecular flexibility index (Phi) is 3.78. The predicted octanol–water partition coefficient (Wildman–Crippen LogP) is 0.996. The molecule has 6 heteroatoms. The molecule has 3 aliphatic carbocycles. The Morgan fingerprint density at radius 3 is 2.92 bits per heavy atom. The van der Waals surface area contributed by atoms with Gasteiger partial charge in [-0.3, -0.25) is 0 Å². The van der Waals surface area contributed by atoms with Gasteiger partial charge in [-0.25, -0.2) is 8.42 Å². The van der Waals surface area contributed by atoms with Gasteiger partial charge in [0.25, 0.3) is 10.4 Å². The molecule has 0 N–H and O–H groups in total. The van der Waals surface area contributed by atoms with Gasteiger partial charge in [-0.2, -0.15) is 0 Å². The zero-order valence-corrected chi connectivity index (χ0v) is 17.3. The van der Waals surface area contributed by atoms with Crippen molar-refractivity contribution in [1.82, 2.24) is 0 Å². The second kappa shape index (κ2) is 6.54. The molecule has 4 rings (SSSR count). The van der Waals surface area contributed by atoms with Crippen LogP contribution >= 0.6 is 0 Å². The summed E-state index contributed by atoms with van der Waals surface area (Å²) in [4.78, 5) is 0. The van der Waals surface area contributed by atoms with Crippen LogP contribution < -0.4 is 33.7 Å². The molecule has 1 aromatic carbocycles. The SMILES string of the molecule is [2H]c1cc2c(c([2H])c1OS(=O)(=O)[O-])CCC1=C2CC[C@]2(C)C(=C)C([2H])([2H])CC12.[Na+]. The fourth-order valence-electron chi connectivity index (χ4n) is 4.42. The van der Waals surface area contributed by atoms with E-state index in [-0.39, 0.29) is 53.0 Å². The minimum Gasteiger partial charge on any atom is -0.716 e. The molecular formula is C19H21NaO4S. The van der Waals surface area contributed by atoms with E-state index in [1.807, 2.05) is 0 Å². The summed E-state index contributed by atoms with van der Waals surface area (Å²) in [5.74, 6) is -0.489. The van der Waals surface area contributed by atoms with Crippen LogP contribution in [0.1, 0.15) is 55.6 Å². The predicted molar refractivity (Wildman–Crippen MR) is 91.2 cm³/mol. The Bertz CT molecular complexity index is 1050. The van der Waals surface area contributed by atoms with Crippen molar-refractivity contribution in [2.45, 2.75) is 45.4 Å². The first-order chi connectivity index (χ1) is 12.8. The number of benzene rings is 1. The van der Waals surface area contributed by atoms with E-state index in [4.69, 9.17) is 5.48 Å². The van der Waals surface area contributed by atoms with E-state index in [2.05, 4.69) is 17.7 Å². The van der Waals surface area contributed by atoms with Crippen molar-refractivity contribution in [2.75, 3.05) is 0 Å². The van der Waals surface area contributed by atoms with Crippen molar-refractivity contribution in [2.24, 2.45) is 11.3 Å². The molecule has 0 saturated heterocycles. The Labute approximate surface area is 177 Å². The second-order valence-electron chi connectivity index (χ2n) is 6.96. The molecule has 0 aromatic heterocycles. The minimum atomic E-state index is -5.06. The number of rotatable bonds is 2. The van der Waals surface area contributed by atoms with Crippen molar-refractivity contribution in [3.63, 3.8) is 0 Å². The summed E-state index contributed by atoms with van der Waals surface area (Å²) in [6, 6.07) is 0.938. The van der Waals surface area contributed by atoms with E-state index in [0.717, 1.165) is 23.1 Å². The molecule has 25 heavy (non-hydrogen) atoms. The summed E-state index contributed by atoms with van der Waals surface area (Å²) in [6.45, 7) is 6.13. The van der Waals surface area contributed by atoms with E-state index >= 15 is 0 Å². The standard InChI is InChI=1S/C19H22O4S.Na/c1-12-3-8-18-17-6-4-13-11-14(23-24(20,21)22)5-7-15(13)16(17)9-10-19(12,18)2;/h5,7,11,18H,1,3-4,6,8-10H2,2H3,(H,20,21,22);/q;+1/p-1/t18?,19-;/m1./s1/i3D2,5D,11D;. The van der Waals surface area contributed by atoms with Gasteiger partial charge in [0.15, 0.2) is 0 Å². The zero-order valence-electron chi connectivity index (χ0n) is 18.4. The largest absolute Gasteiger partial charge is 1.00 e. The quantitative estimate of drug-likeness (QED) is 0.336. The Hall–Kier alpha value is -0.590. The molecule has 1 aromatic rings. The monoisotopic (exact) mass is 372 g/mol. The van der Waals surface area contributed by atoms with Gasteiger partial charge in [0.2, 0.25) is 0 Å². The first kappa shape index (κ1) is 14.5. The molecule has 0 aliphatic heterocycles. The van der Waals surface area contributed by atoms with E-state index in [1.54, 1.807) is 0 Å². The van der Waals surface area contributed by atoms with Crippen LogP contribution in [0.15, 0.2) is 35.9 Å². The van der Waals surface area contributed by atoms with Gasteiger partial charge in [-0.1, -0.05) is 30.7 Å². The molecule has 1 saturated carbocycles. The van der Waals surface area contributed by atoms with Crippen LogP contribution in [-0.2, 0) is 16.8 Å². The van der Waals surface area contributed by atoms with Crippen LogP contribution in [0.3, 0.4) is 0 Å². The fourth-order valence-corrected chi connectivity index (χ4v) is 4.72. The third-order valence-electron chi connectivity index (χ3n) is 5.77. The number of fused-ring (bicyclic) bond motifs is 4. The number of allylic oxidation sites excluding steroid dienone is 3. The molecule has 0 radical (unpaired) electrons. The normalized spacial score (nSPS) is 32.2. The fraction of sp³-hybridized carbons (Fsp3) is 0.474. The maximum Gasteiger partial charge on any atom is 1.00 e. The average Bonchev–Trinajstić information content (AvgIpc) is 2.77. The van der Waals surface area contributed by atoms with Crippen molar-refractivity contribution < 1.29 is 52.2 Å². The summed E-state index contributed by atoms with van der Waals surface area (Å²) in [5, 5.41) is 0. The number of hydrogen-bond donors (Lipinski definition) is 0. The molecule has 3 aliphatic rings. The summed E-state index contributed by atoms with van der Waals surface area (Å²) in [7, 11) is -5.06. The molecule has 1 fully saturated rings. The van der Waals surface area contributed by atoms with Crippen LogP contribution in [-0.4, -0.2) is 13.0 Å². The Morgan fingerprint density at radius 1 is 1.44 bits per heavy atom. The van der Waals surface area contributed by atoms with Gasteiger partial charge in [-0.15, -0.1) is 0 Å². The van der Waals surface area contributed by atoms with E-state index in [9.17, 15) is 13.0 Å². The maximum absolute atomic E-state index is 11.0.